The molecule has 14 heavy (non-hydrogen) atoms. The van der Waals surface area contributed by atoms with Gasteiger partial charge in [0.1, 0.15) is 6.26 Å². The molecule has 0 bridgehead atoms. The van der Waals surface area contributed by atoms with Gasteiger partial charge in [0.25, 0.3) is 0 Å². The van der Waals surface area contributed by atoms with Crippen LogP contribution in [0.3, 0.4) is 0 Å². The fourth-order valence-corrected chi connectivity index (χ4v) is 1.30. The summed E-state index contributed by atoms with van der Waals surface area (Å²) in [6.07, 6.45) is 1.55. The molecule has 2 N–H and O–H groups in total. The molecule has 0 aliphatic carbocycles. The third-order valence-corrected chi connectivity index (χ3v) is 2.10. The summed E-state index contributed by atoms with van der Waals surface area (Å²) in [6.45, 7) is 0. The van der Waals surface area contributed by atoms with Gasteiger partial charge in [-0.1, -0.05) is 6.07 Å². The number of nitrogens with zero attached hydrogens (tertiary/aromatic N) is 1. The third kappa shape index (κ3) is 1.72. The zero-order chi connectivity index (χ0) is 9.97. The molecule has 1 aromatic carbocycles. The van der Waals surface area contributed by atoms with E-state index < -0.39 is 0 Å². The first-order chi connectivity index (χ1) is 6.79. The zero-order valence-corrected chi connectivity index (χ0v) is 8.16. The van der Waals surface area contributed by atoms with Crippen molar-refractivity contribution in [3.05, 3.63) is 36.2 Å². The number of rotatable bonds is 2. The van der Waals surface area contributed by atoms with Crippen LogP contribution in [0.15, 0.2) is 34.9 Å². The Morgan fingerprint density at radius 2 is 2.29 bits per heavy atom. The Morgan fingerprint density at radius 3 is 2.93 bits per heavy atom. The van der Waals surface area contributed by atoms with Crippen LogP contribution in [-0.2, 0) is 5.88 Å². The van der Waals surface area contributed by atoms with Crippen molar-refractivity contribution < 1.29 is 4.42 Å². The Kier molecular flexibility index (Phi) is 2.41. The number of halogens is 1. The second kappa shape index (κ2) is 3.72. The summed E-state index contributed by atoms with van der Waals surface area (Å²) in [5.74, 6) is 0.902. The summed E-state index contributed by atoms with van der Waals surface area (Å²) >= 11 is 5.61. The number of aromatic nitrogens is 1. The highest BCUT2D eigenvalue weighted by Crippen LogP contribution is 2.20. The summed E-state index contributed by atoms with van der Waals surface area (Å²) in [5, 5.41) is 0. The molecular weight excluding hydrogens is 200 g/mol. The van der Waals surface area contributed by atoms with Crippen molar-refractivity contribution in [2.45, 2.75) is 5.88 Å². The van der Waals surface area contributed by atoms with E-state index in [0.717, 1.165) is 11.3 Å². The molecule has 2 rings (SSSR count). The summed E-state index contributed by atoms with van der Waals surface area (Å²) < 4.78 is 5.25. The average molecular weight is 209 g/mol. The van der Waals surface area contributed by atoms with E-state index in [0.29, 0.717) is 17.5 Å². The average Bonchev–Trinajstić information content (AvgIpc) is 2.66. The number of hydrogen-bond acceptors (Lipinski definition) is 3. The molecule has 0 unspecified atom stereocenters. The van der Waals surface area contributed by atoms with Crippen LogP contribution in [0.25, 0.3) is 11.5 Å². The van der Waals surface area contributed by atoms with Crippen LogP contribution in [0.1, 0.15) is 5.69 Å². The lowest BCUT2D eigenvalue weighted by Crippen LogP contribution is -1.85. The van der Waals surface area contributed by atoms with Crippen LogP contribution in [0, 0.1) is 0 Å². The Labute approximate surface area is 86.5 Å². The van der Waals surface area contributed by atoms with Gasteiger partial charge in [-0.3, -0.25) is 0 Å². The molecule has 0 radical (unpaired) electrons. The normalized spacial score (nSPS) is 10.4. The molecule has 0 saturated heterocycles. The quantitative estimate of drug-likeness (QED) is 0.610. The summed E-state index contributed by atoms with van der Waals surface area (Å²) in [5.41, 5.74) is 7.92. The van der Waals surface area contributed by atoms with Crippen molar-refractivity contribution in [2.75, 3.05) is 5.73 Å². The van der Waals surface area contributed by atoms with Gasteiger partial charge < -0.3 is 10.2 Å². The van der Waals surface area contributed by atoms with Gasteiger partial charge in [-0.25, -0.2) is 4.98 Å². The van der Waals surface area contributed by atoms with Crippen molar-refractivity contribution in [1.29, 1.82) is 0 Å². The van der Waals surface area contributed by atoms with E-state index in [4.69, 9.17) is 21.8 Å². The van der Waals surface area contributed by atoms with Crippen LogP contribution in [-0.4, -0.2) is 4.98 Å². The lowest BCUT2D eigenvalue weighted by molar-refractivity contribution is 0.573. The van der Waals surface area contributed by atoms with Gasteiger partial charge in [0.2, 0.25) is 5.89 Å². The molecule has 1 aromatic heterocycles. The van der Waals surface area contributed by atoms with E-state index in [1.54, 1.807) is 6.26 Å². The van der Waals surface area contributed by atoms with Gasteiger partial charge in [-0.05, 0) is 18.2 Å². The van der Waals surface area contributed by atoms with Crippen LogP contribution < -0.4 is 5.73 Å². The molecule has 72 valence electrons. The minimum Gasteiger partial charge on any atom is -0.444 e. The molecule has 0 spiro atoms. The Hall–Kier alpha value is -1.48. The number of hydrogen-bond donors (Lipinski definition) is 1. The van der Waals surface area contributed by atoms with Gasteiger partial charge in [0.05, 0.1) is 11.6 Å². The van der Waals surface area contributed by atoms with Crippen LogP contribution in [0.4, 0.5) is 5.69 Å². The lowest BCUT2D eigenvalue weighted by Gasteiger charge is -1.96. The topological polar surface area (TPSA) is 52.0 Å². The van der Waals surface area contributed by atoms with Crippen LogP contribution in [0.5, 0.6) is 0 Å². The maximum Gasteiger partial charge on any atom is 0.226 e. The van der Waals surface area contributed by atoms with Gasteiger partial charge >= 0.3 is 0 Å². The summed E-state index contributed by atoms with van der Waals surface area (Å²) in [4.78, 5) is 4.19. The number of benzene rings is 1. The van der Waals surface area contributed by atoms with Crippen molar-refractivity contribution in [1.82, 2.24) is 4.98 Å². The first-order valence-electron chi connectivity index (χ1n) is 4.16. The van der Waals surface area contributed by atoms with Crippen molar-refractivity contribution >= 4 is 17.3 Å². The lowest BCUT2D eigenvalue weighted by atomic mass is 10.2. The monoisotopic (exact) mass is 208 g/mol. The van der Waals surface area contributed by atoms with Gasteiger partial charge in [-0.2, -0.15) is 0 Å². The smallest absolute Gasteiger partial charge is 0.226 e. The predicted octanol–water partition coefficient (Wildman–Crippen LogP) is 2.66. The fraction of sp³-hybridized carbons (Fsp3) is 0.100. The minimum atomic E-state index is 0.353. The van der Waals surface area contributed by atoms with E-state index in [1.165, 1.54) is 0 Å². The summed E-state index contributed by atoms with van der Waals surface area (Å²) in [7, 11) is 0. The first kappa shape index (κ1) is 9.09. The van der Waals surface area contributed by atoms with Crippen molar-refractivity contribution in [2.24, 2.45) is 0 Å². The van der Waals surface area contributed by atoms with E-state index >= 15 is 0 Å². The molecule has 0 aliphatic rings. The minimum absolute atomic E-state index is 0.353. The molecule has 4 heteroatoms. The second-order valence-electron chi connectivity index (χ2n) is 2.90. The van der Waals surface area contributed by atoms with Crippen LogP contribution >= 0.6 is 11.6 Å². The van der Waals surface area contributed by atoms with Gasteiger partial charge in [0, 0.05) is 11.3 Å². The van der Waals surface area contributed by atoms with E-state index in [-0.39, 0.29) is 0 Å². The highest BCUT2D eigenvalue weighted by molar-refractivity contribution is 6.16. The number of oxazole rings is 1. The van der Waals surface area contributed by atoms with Gasteiger partial charge in [0.15, 0.2) is 0 Å². The Morgan fingerprint density at radius 1 is 1.43 bits per heavy atom. The Bertz CT molecular complexity index is 439. The highest BCUT2D eigenvalue weighted by Gasteiger charge is 2.05. The zero-order valence-electron chi connectivity index (χ0n) is 7.40. The van der Waals surface area contributed by atoms with E-state index in [9.17, 15) is 0 Å². The maximum atomic E-state index is 5.64. The summed E-state index contributed by atoms with van der Waals surface area (Å²) in [6, 6.07) is 7.37. The largest absolute Gasteiger partial charge is 0.444 e. The molecule has 0 amide bonds. The predicted molar refractivity (Wildman–Crippen MR) is 55.9 cm³/mol. The standard InChI is InChI=1S/C10H9ClN2O/c11-5-9-6-14-10(13-9)7-2-1-3-8(12)4-7/h1-4,6H,5,12H2. The maximum absolute atomic E-state index is 5.64. The molecule has 0 fully saturated rings. The molecule has 0 aliphatic heterocycles. The number of anilines is 1. The molecule has 2 aromatic rings. The number of nitrogen functional groups attached to an aromatic ring is 1. The van der Waals surface area contributed by atoms with Gasteiger partial charge in [-0.15, -0.1) is 11.6 Å². The second-order valence-corrected chi connectivity index (χ2v) is 3.17. The molecule has 3 nitrogen and oxygen atoms in total. The van der Waals surface area contributed by atoms with Crippen molar-refractivity contribution in [3.8, 4) is 11.5 Å². The SMILES string of the molecule is Nc1cccc(-c2nc(CCl)co2)c1. The van der Waals surface area contributed by atoms with E-state index in [2.05, 4.69) is 4.98 Å². The van der Waals surface area contributed by atoms with Crippen molar-refractivity contribution in [3.63, 3.8) is 0 Å². The first-order valence-corrected chi connectivity index (χ1v) is 4.69. The van der Waals surface area contributed by atoms with E-state index in [1.807, 2.05) is 24.3 Å². The fourth-order valence-electron chi connectivity index (χ4n) is 1.17. The molecular formula is C10H9ClN2O. The highest BCUT2D eigenvalue weighted by atomic mass is 35.5. The third-order valence-electron chi connectivity index (χ3n) is 1.82. The number of nitrogens with two attached hydrogens (primary N) is 1. The van der Waals surface area contributed by atoms with Crippen LogP contribution in [0.2, 0.25) is 0 Å². The molecule has 1 heterocycles. The molecule has 0 atom stereocenters. The Balaban J connectivity index is 2.39. The number of alkyl halides is 1. The molecule has 0 saturated carbocycles.